The zero-order chi connectivity index (χ0) is 19.8. The number of aromatic nitrogens is 1. The topological polar surface area (TPSA) is 71.0 Å². The molecule has 29 heavy (non-hydrogen) atoms. The lowest BCUT2D eigenvalue weighted by Gasteiger charge is -2.13. The number of hydrogen-bond donors (Lipinski definition) is 2. The van der Waals surface area contributed by atoms with Crippen LogP contribution in [-0.2, 0) is 13.0 Å². The van der Waals surface area contributed by atoms with Gasteiger partial charge in [0.25, 0.3) is 0 Å². The number of ether oxygens (including phenoxy) is 2. The van der Waals surface area contributed by atoms with E-state index in [-0.39, 0.29) is 24.0 Å². The maximum Gasteiger partial charge on any atom is 0.191 e. The molecule has 0 saturated carbocycles. The molecule has 1 aromatic heterocycles. The number of halogens is 1. The molecule has 0 amide bonds. The molecule has 0 aliphatic carbocycles. The number of nitrogens with zero attached hydrogens (tertiary/aromatic N) is 3. The molecule has 2 aromatic rings. The number of methoxy groups -OCH3 is 2. The Balaban J connectivity index is 0.00000300. The molecule has 1 fully saturated rings. The molecule has 2 N–H and O–H groups in total. The maximum absolute atomic E-state index is 5.35. The Kier molecular flexibility index (Phi) is 9.79. The van der Waals surface area contributed by atoms with Gasteiger partial charge < -0.3 is 25.0 Å². The summed E-state index contributed by atoms with van der Waals surface area (Å²) in [5.41, 5.74) is 2.23. The van der Waals surface area contributed by atoms with Crippen molar-refractivity contribution in [3.8, 4) is 11.5 Å². The third-order valence-electron chi connectivity index (χ3n) is 4.72. The van der Waals surface area contributed by atoms with E-state index in [1.54, 1.807) is 32.6 Å². The zero-order valence-corrected chi connectivity index (χ0v) is 20.4. The lowest BCUT2D eigenvalue weighted by atomic mass is 10.2. The highest BCUT2D eigenvalue weighted by molar-refractivity contribution is 14.0. The lowest BCUT2D eigenvalue weighted by Crippen LogP contribution is -2.37. The van der Waals surface area contributed by atoms with Crippen LogP contribution in [0, 0.1) is 0 Å². The Morgan fingerprint density at radius 1 is 1.17 bits per heavy atom. The molecular formula is C20H30IN5O2S. The van der Waals surface area contributed by atoms with Crippen LogP contribution < -0.4 is 25.0 Å². The van der Waals surface area contributed by atoms with E-state index in [1.807, 2.05) is 18.2 Å². The highest BCUT2D eigenvalue weighted by atomic mass is 127. The first-order valence-corrected chi connectivity index (χ1v) is 10.5. The third kappa shape index (κ3) is 6.63. The van der Waals surface area contributed by atoms with Crippen molar-refractivity contribution in [2.24, 2.45) is 4.99 Å². The molecule has 2 heterocycles. The highest BCUT2D eigenvalue weighted by Crippen LogP contribution is 2.27. The highest BCUT2D eigenvalue weighted by Gasteiger charge is 2.15. The fourth-order valence-electron chi connectivity index (χ4n) is 3.17. The predicted molar refractivity (Wildman–Crippen MR) is 130 cm³/mol. The summed E-state index contributed by atoms with van der Waals surface area (Å²) in [5.74, 6) is 2.22. The van der Waals surface area contributed by atoms with Crippen molar-refractivity contribution in [1.82, 2.24) is 15.6 Å². The standard InChI is InChI=1S/C20H29N5O2S.HI/c1-21-19(23-13-15-6-7-17(26-2)18(12-15)27-3)22-9-8-16-14-28-20(24-16)25-10-4-5-11-25;/h6-7,12,14H,4-5,8-11,13H2,1-3H3,(H2,21,22,23);1H. The molecule has 1 saturated heterocycles. The SMILES string of the molecule is CN=C(NCCc1csc(N2CCCC2)n1)NCc1ccc(OC)c(OC)c1.I. The second kappa shape index (κ2) is 12.1. The van der Waals surface area contributed by atoms with Crippen LogP contribution in [0.3, 0.4) is 0 Å². The summed E-state index contributed by atoms with van der Waals surface area (Å²) >= 11 is 1.74. The number of nitrogens with one attached hydrogen (secondary N) is 2. The molecule has 0 atom stereocenters. The summed E-state index contributed by atoms with van der Waals surface area (Å²) in [6.45, 7) is 3.71. The van der Waals surface area contributed by atoms with E-state index in [1.165, 1.54) is 12.8 Å². The van der Waals surface area contributed by atoms with Crippen molar-refractivity contribution in [3.05, 3.63) is 34.8 Å². The number of aliphatic imine (C=N–C) groups is 1. The van der Waals surface area contributed by atoms with Crippen LogP contribution in [0.4, 0.5) is 5.13 Å². The number of guanidine groups is 1. The van der Waals surface area contributed by atoms with E-state index in [0.29, 0.717) is 6.54 Å². The zero-order valence-electron chi connectivity index (χ0n) is 17.2. The van der Waals surface area contributed by atoms with Gasteiger partial charge in [-0.15, -0.1) is 35.3 Å². The Hall–Kier alpha value is -1.75. The van der Waals surface area contributed by atoms with Gasteiger partial charge in [-0.2, -0.15) is 0 Å². The molecular weight excluding hydrogens is 501 g/mol. The maximum atomic E-state index is 5.35. The van der Waals surface area contributed by atoms with Gasteiger partial charge in [0.05, 0.1) is 19.9 Å². The van der Waals surface area contributed by atoms with E-state index in [9.17, 15) is 0 Å². The second-order valence-corrected chi connectivity index (χ2v) is 7.44. The first-order valence-electron chi connectivity index (χ1n) is 9.58. The van der Waals surface area contributed by atoms with Crippen LogP contribution in [0.5, 0.6) is 11.5 Å². The van der Waals surface area contributed by atoms with Crippen LogP contribution in [0.1, 0.15) is 24.1 Å². The predicted octanol–water partition coefficient (Wildman–Crippen LogP) is 3.29. The number of anilines is 1. The van der Waals surface area contributed by atoms with Crippen molar-refractivity contribution in [2.75, 3.05) is 45.8 Å². The minimum atomic E-state index is 0. The molecule has 1 aliphatic heterocycles. The van der Waals surface area contributed by atoms with Gasteiger partial charge in [-0.25, -0.2) is 4.98 Å². The van der Waals surface area contributed by atoms with Gasteiger partial charge in [-0.1, -0.05) is 6.07 Å². The fraction of sp³-hybridized carbons (Fsp3) is 0.500. The van der Waals surface area contributed by atoms with Crippen LogP contribution >= 0.6 is 35.3 Å². The quantitative estimate of drug-likeness (QED) is 0.310. The number of hydrogen-bond acceptors (Lipinski definition) is 6. The van der Waals surface area contributed by atoms with Crippen molar-refractivity contribution in [3.63, 3.8) is 0 Å². The molecule has 9 heteroatoms. The Labute approximate surface area is 193 Å². The molecule has 160 valence electrons. The average molecular weight is 531 g/mol. The molecule has 1 aromatic carbocycles. The van der Waals surface area contributed by atoms with E-state index < -0.39 is 0 Å². The van der Waals surface area contributed by atoms with Crippen molar-refractivity contribution < 1.29 is 9.47 Å². The van der Waals surface area contributed by atoms with Gasteiger partial charge in [0, 0.05) is 45.0 Å². The minimum Gasteiger partial charge on any atom is -0.493 e. The first kappa shape index (κ1) is 23.5. The monoisotopic (exact) mass is 531 g/mol. The molecule has 1 aliphatic rings. The van der Waals surface area contributed by atoms with Crippen LogP contribution in [-0.4, -0.2) is 51.8 Å². The van der Waals surface area contributed by atoms with E-state index in [2.05, 4.69) is 25.9 Å². The largest absolute Gasteiger partial charge is 0.493 e. The third-order valence-corrected chi connectivity index (χ3v) is 5.67. The summed E-state index contributed by atoms with van der Waals surface area (Å²) in [6.07, 6.45) is 3.43. The average Bonchev–Trinajstić information content (AvgIpc) is 3.42. The van der Waals surface area contributed by atoms with Gasteiger partial charge in [-0.05, 0) is 30.5 Å². The van der Waals surface area contributed by atoms with Gasteiger partial charge in [-0.3, -0.25) is 4.99 Å². The van der Waals surface area contributed by atoms with Crippen molar-refractivity contribution >= 4 is 46.4 Å². The number of thiazole rings is 1. The smallest absolute Gasteiger partial charge is 0.191 e. The Morgan fingerprint density at radius 3 is 2.62 bits per heavy atom. The molecule has 3 rings (SSSR count). The van der Waals surface area contributed by atoms with Crippen LogP contribution in [0.2, 0.25) is 0 Å². The molecule has 0 unspecified atom stereocenters. The molecule has 7 nitrogen and oxygen atoms in total. The summed E-state index contributed by atoms with van der Waals surface area (Å²) in [7, 11) is 5.05. The minimum absolute atomic E-state index is 0. The Bertz CT molecular complexity index is 793. The van der Waals surface area contributed by atoms with E-state index in [4.69, 9.17) is 14.5 Å². The van der Waals surface area contributed by atoms with Gasteiger partial charge in [0.2, 0.25) is 0 Å². The van der Waals surface area contributed by atoms with Gasteiger partial charge >= 0.3 is 0 Å². The fourth-order valence-corrected chi connectivity index (χ4v) is 4.08. The lowest BCUT2D eigenvalue weighted by molar-refractivity contribution is 0.354. The Morgan fingerprint density at radius 2 is 1.93 bits per heavy atom. The second-order valence-electron chi connectivity index (χ2n) is 6.61. The summed E-state index contributed by atoms with van der Waals surface area (Å²) in [5, 5.41) is 10.00. The van der Waals surface area contributed by atoms with Gasteiger partial charge in [0.1, 0.15) is 0 Å². The molecule has 0 radical (unpaired) electrons. The normalized spacial score (nSPS) is 13.8. The van der Waals surface area contributed by atoms with Crippen molar-refractivity contribution in [2.45, 2.75) is 25.8 Å². The first-order chi connectivity index (χ1) is 13.7. The van der Waals surface area contributed by atoms with Crippen LogP contribution in [0.15, 0.2) is 28.6 Å². The molecule has 0 bridgehead atoms. The number of benzene rings is 1. The van der Waals surface area contributed by atoms with E-state index >= 15 is 0 Å². The summed E-state index contributed by atoms with van der Waals surface area (Å²) in [6, 6.07) is 5.89. The van der Waals surface area contributed by atoms with Crippen molar-refractivity contribution in [1.29, 1.82) is 0 Å². The van der Waals surface area contributed by atoms with Gasteiger partial charge in [0.15, 0.2) is 22.6 Å². The summed E-state index contributed by atoms with van der Waals surface area (Å²) in [4.78, 5) is 11.4. The van der Waals surface area contributed by atoms with Crippen LogP contribution in [0.25, 0.3) is 0 Å². The van der Waals surface area contributed by atoms with E-state index in [0.717, 1.165) is 59.9 Å². The molecule has 0 spiro atoms. The summed E-state index contributed by atoms with van der Waals surface area (Å²) < 4.78 is 10.6. The number of rotatable bonds is 8.